The number of carbonyl (C=O) groups excluding carboxylic acids is 1. The maximum absolute atomic E-state index is 12.5. The van der Waals surface area contributed by atoms with Crippen LogP contribution in [0.2, 0.25) is 0 Å². The molecule has 0 aliphatic carbocycles. The third kappa shape index (κ3) is 6.23. The van der Waals surface area contributed by atoms with Crippen molar-refractivity contribution in [2.24, 2.45) is 0 Å². The van der Waals surface area contributed by atoms with Crippen molar-refractivity contribution in [1.29, 1.82) is 0 Å². The van der Waals surface area contributed by atoms with Gasteiger partial charge in [0.15, 0.2) is 6.10 Å². The van der Waals surface area contributed by atoms with Crippen LogP contribution in [0.5, 0.6) is 5.75 Å². The van der Waals surface area contributed by atoms with Gasteiger partial charge in [0, 0.05) is 7.05 Å². The van der Waals surface area contributed by atoms with Crippen molar-refractivity contribution in [3.05, 3.63) is 59.7 Å². The van der Waals surface area contributed by atoms with Gasteiger partial charge in [-0.15, -0.1) is 0 Å². The molecule has 6 nitrogen and oxygen atoms in total. The molecule has 0 aliphatic heterocycles. The van der Waals surface area contributed by atoms with Crippen molar-refractivity contribution in [3.8, 4) is 5.75 Å². The van der Waals surface area contributed by atoms with E-state index in [1.165, 1.54) is 16.9 Å². The van der Waals surface area contributed by atoms with Gasteiger partial charge in [0.1, 0.15) is 5.75 Å². The van der Waals surface area contributed by atoms with Gasteiger partial charge < -0.3 is 10.1 Å². The highest BCUT2D eigenvalue weighted by molar-refractivity contribution is 7.92. The first-order valence-electron chi connectivity index (χ1n) is 9.90. The van der Waals surface area contributed by atoms with Gasteiger partial charge in [-0.3, -0.25) is 9.10 Å². The molecule has 0 heterocycles. The summed E-state index contributed by atoms with van der Waals surface area (Å²) in [5.74, 6) is 0.269. The summed E-state index contributed by atoms with van der Waals surface area (Å²) in [5, 5.41) is 2.97. The normalized spacial score (nSPS) is 14.0. The van der Waals surface area contributed by atoms with Crippen LogP contribution in [0.15, 0.2) is 48.5 Å². The Labute approximate surface area is 180 Å². The first-order valence-corrected chi connectivity index (χ1v) is 11.8. The molecule has 0 bridgehead atoms. The van der Waals surface area contributed by atoms with Gasteiger partial charge >= 0.3 is 0 Å². The second kappa shape index (κ2) is 9.08. The number of carbonyl (C=O) groups is 1. The molecule has 2 aromatic rings. The summed E-state index contributed by atoms with van der Waals surface area (Å²) in [6.07, 6.45) is 0.446. The Kier molecular flexibility index (Phi) is 7.18. The topological polar surface area (TPSA) is 75.7 Å². The van der Waals surface area contributed by atoms with Crippen LogP contribution in [-0.4, -0.2) is 33.7 Å². The molecular weight excluding hydrogens is 400 g/mol. The fourth-order valence-corrected chi connectivity index (χ4v) is 3.37. The monoisotopic (exact) mass is 432 g/mol. The summed E-state index contributed by atoms with van der Waals surface area (Å²) in [6, 6.07) is 14.7. The quantitative estimate of drug-likeness (QED) is 0.717. The van der Waals surface area contributed by atoms with Gasteiger partial charge in [-0.1, -0.05) is 45.0 Å². The fraction of sp³-hybridized carbons (Fsp3) is 0.435. The number of sulfonamides is 1. The molecule has 7 heteroatoms. The molecule has 2 aromatic carbocycles. The average Bonchev–Trinajstić information content (AvgIpc) is 2.66. The zero-order chi connectivity index (χ0) is 22.7. The zero-order valence-electron chi connectivity index (χ0n) is 18.8. The van der Waals surface area contributed by atoms with Gasteiger partial charge in [0.25, 0.3) is 5.91 Å². The summed E-state index contributed by atoms with van der Waals surface area (Å²) in [5.41, 5.74) is 2.87. The largest absolute Gasteiger partial charge is 0.481 e. The van der Waals surface area contributed by atoms with E-state index in [2.05, 4.69) is 38.2 Å². The van der Waals surface area contributed by atoms with Gasteiger partial charge in [-0.05, 0) is 54.7 Å². The maximum atomic E-state index is 12.5. The fourth-order valence-electron chi connectivity index (χ4n) is 2.87. The molecular formula is C23H32N2O4S. The predicted octanol–water partition coefficient (Wildman–Crippen LogP) is 4.02. The molecule has 1 amide bonds. The molecule has 164 valence electrons. The van der Waals surface area contributed by atoms with E-state index in [0.717, 1.165) is 11.8 Å². The van der Waals surface area contributed by atoms with Gasteiger partial charge in [-0.25, -0.2) is 8.42 Å². The molecule has 30 heavy (non-hydrogen) atoms. The minimum absolute atomic E-state index is 0.0824. The average molecular weight is 433 g/mol. The minimum Gasteiger partial charge on any atom is -0.481 e. The van der Waals surface area contributed by atoms with Gasteiger partial charge in [0.2, 0.25) is 10.0 Å². The Hall–Kier alpha value is -2.54. The van der Waals surface area contributed by atoms with Crippen molar-refractivity contribution in [1.82, 2.24) is 5.32 Å². The molecule has 0 radical (unpaired) electrons. The van der Waals surface area contributed by atoms with Crippen LogP contribution >= 0.6 is 0 Å². The van der Waals surface area contributed by atoms with E-state index in [1.54, 1.807) is 31.2 Å². The first kappa shape index (κ1) is 23.7. The highest BCUT2D eigenvalue weighted by Crippen LogP contribution is 2.24. The van der Waals surface area contributed by atoms with Crippen LogP contribution < -0.4 is 14.4 Å². The van der Waals surface area contributed by atoms with Crippen LogP contribution in [0.25, 0.3) is 0 Å². The first-order chi connectivity index (χ1) is 13.8. The lowest BCUT2D eigenvalue weighted by Crippen LogP contribution is -2.37. The molecule has 2 atom stereocenters. The number of nitrogens with zero attached hydrogens (tertiary/aromatic N) is 1. The Balaban J connectivity index is 1.97. The lowest BCUT2D eigenvalue weighted by Gasteiger charge is -2.22. The summed E-state index contributed by atoms with van der Waals surface area (Å²) in [7, 11) is -1.84. The van der Waals surface area contributed by atoms with Crippen molar-refractivity contribution in [3.63, 3.8) is 0 Å². The molecule has 2 unspecified atom stereocenters. The van der Waals surface area contributed by atoms with Crippen LogP contribution in [0, 0.1) is 0 Å². The van der Waals surface area contributed by atoms with E-state index >= 15 is 0 Å². The predicted molar refractivity (Wildman–Crippen MR) is 121 cm³/mol. The number of hydrogen-bond acceptors (Lipinski definition) is 4. The molecule has 1 N–H and O–H groups in total. The second-order valence-corrected chi connectivity index (χ2v) is 10.6. The minimum atomic E-state index is -3.33. The molecule has 0 fully saturated rings. The molecule has 0 spiro atoms. The van der Waals surface area contributed by atoms with Crippen molar-refractivity contribution in [2.45, 2.75) is 52.2 Å². The number of benzene rings is 2. The molecule has 0 saturated heterocycles. The Morgan fingerprint density at radius 3 is 2.00 bits per heavy atom. The summed E-state index contributed by atoms with van der Waals surface area (Å²) in [6.45, 7) is 10.1. The van der Waals surface area contributed by atoms with Crippen LogP contribution in [-0.2, 0) is 20.2 Å². The number of anilines is 1. The highest BCUT2D eigenvalue weighted by atomic mass is 32.2. The number of rotatable bonds is 7. The lowest BCUT2D eigenvalue weighted by atomic mass is 9.86. The van der Waals surface area contributed by atoms with Gasteiger partial charge in [0.05, 0.1) is 18.0 Å². The molecule has 0 aromatic heterocycles. The zero-order valence-corrected chi connectivity index (χ0v) is 19.6. The van der Waals surface area contributed by atoms with E-state index < -0.39 is 16.1 Å². The summed E-state index contributed by atoms with van der Waals surface area (Å²) in [4.78, 5) is 12.5. The third-order valence-corrected chi connectivity index (χ3v) is 6.22. The number of ether oxygens (including phenoxy) is 1. The lowest BCUT2D eigenvalue weighted by molar-refractivity contribution is -0.127. The Morgan fingerprint density at radius 2 is 1.53 bits per heavy atom. The molecule has 2 rings (SSSR count). The van der Waals surface area contributed by atoms with E-state index in [4.69, 9.17) is 4.74 Å². The SMILES string of the molecule is CC(Oc1ccc(N(C)S(C)(=O)=O)cc1)C(=O)NC(C)c1ccc(C(C)(C)C)cc1. The van der Waals surface area contributed by atoms with Crippen molar-refractivity contribution in [2.75, 3.05) is 17.6 Å². The van der Waals surface area contributed by atoms with E-state index in [1.807, 2.05) is 19.1 Å². The van der Waals surface area contributed by atoms with Crippen molar-refractivity contribution >= 4 is 21.6 Å². The van der Waals surface area contributed by atoms with E-state index in [9.17, 15) is 13.2 Å². The second-order valence-electron chi connectivity index (χ2n) is 8.59. The Bertz CT molecular complexity index is 962. The number of nitrogens with one attached hydrogen (secondary N) is 1. The Morgan fingerprint density at radius 1 is 1.00 bits per heavy atom. The van der Waals surface area contributed by atoms with E-state index in [0.29, 0.717) is 11.4 Å². The van der Waals surface area contributed by atoms with Crippen molar-refractivity contribution < 1.29 is 17.9 Å². The highest BCUT2D eigenvalue weighted by Gasteiger charge is 2.19. The summed E-state index contributed by atoms with van der Waals surface area (Å²) < 4.78 is 30.1. The molecule has 0 saturated carbocycles. The van der Waals surface area contributed by atoms with E-state index in [-0.39, 0.29) is 17.4 Å². The smallest absolute Gasteiger partial charge is 0.261 e. The third-order valence-electron chi connectivity index (χ3n) is 5.02. The number of amides is 1. The van der Waals surface area contributed by atoms with Crippen LogP contribution in [0.1, 0.15) is 51.8 Å². The van der Waals surface area contributed by atoms with Crippen LogP contribution in [0.3, 0.4) is 0 Å². The maximum Gasteiger partial charge on any atom is 0.261 e. The van der Waals surface area contributed by atoms with Crippen LogP contribution in [0.4, 0.5) is 5.69 Å². The summed E-state index contributed by atoms with van der Waals surface area (Å²) >= 11 is 0. The number of hydrogen-bond donors (Lipinski definition) is 1. The van der Waals surface area contributed by atoms with Gasteiger partial charge in [-0.2, -0.15) is 0 Å². The standard InChI is InChI=1S/C23H32N2O4S/c1-16(18-8-10-19(11-9-18)23(3,4)5)24-22(26)17(2)29-21-14-12-20(13-15-21)25(6)30(7,27)28/h8-17H,1-7H3,(H,24,26). The molecule has 0 aliphatic rings.